The lowest BCUT2D eigenvalue weighted by Gasteiger charge is -2.38. The fourth-order valence-electron chi connectivity index (χ4n) is 3.42. The SMILES string of the molecule is C[Si](C)(C)C(P=PC([Si](C)(C)C)[Si](C)(C)C)[Si](C)(C)C. The molecular formula is C14H38P2Si4. The Bertz CT molecular complexity index is 278. The Morgan fingerprint density at radius 1 is 0.400 bits per heavy atom. The number of hydrogen-bond acceptors (Lipinski definition) is 0. The minimum Gasteiger partial charge on any atom is -0.0792 e. The lowest BCUT2D eigenvalue weighted by molar-refractivity contribution is 1.46. The van der Waals surface area contributed by atoms with Gasteiger partial charge in [-0.1, -0.05) is 94.3 Å². The lowest BCUT2D eigenvalue weighted by Crippen LogP contribution is -2.51. The summed E-state index contributed by atoms with van der Waals surface area (Å²) in [5.41, 5.74) is 0. The van der Waals surface area contributed by atoms with Crippen molar-refractivity contribution in [3.63, 3.8) is 0 Å². The van der Waals surface area contributed by atoms with Crippen molar-refractivity contribution in [1.82, 2.24) is 0 Å². The second kappa shape index (κ2) is 6.93. The van der Waals surface area contributed by atoms with Crippen LogP contribution in [0.1, 0.15) is 0 Å². The summed E-state index contributed by atoms with van der Waals surface area (Å²) < 4.78 is 0. The highest BCUT2D eigenvalue weighted by atomic mass is 31.7. The molecule has 0 fully saturated rings. The molecule has 0 saturated heterocycles. The summed E-state index contributed by atoms with van der Waals surface area (Å²) in [4.78, 5) is 2.10. The molecule has 6 heteroatoms. The summed E-state index contributed by atoms with van der Waals surface area (Å²) in [5.74, 6) is 0. The van der Waals surface area contributed by atoms with Crippen LogP contribution in [0, 0.1) is 0 Å². The van der Waals surface area contributed by atoms with Gasteiger partial charge in [-0.25, -0.2) is 0 Å². The van der Waals surface area contributed by atoms with Crippen molar-refractivity contribution in [2.24, 2.45) is 0 Å². The Morgan fingerprint density at radius 2 is 0.550 bits per heavy atom. The van der Waals surface area contributed by atoms with Gasteiger partial charge in [0.15, 0.2) is 0 Å². The van der Waals surface area contributed by atoms with E-state index in [-0.39, 0.29) is 0 Å². The van der Waals surface area contributed by atoms with Gasteiger partial charge in [0.25, 0.3) is 0 Å². The van der Waals surface area contributed by atoms with E-state index < -0.39 is 32.3 Å². The zero-order chi connectivity index (χ0) is 16.6. The van der Waals surface area contributed by atoms with Crippen molar-refractivity contribution < 1.29 is 0 Å². The Balaban J connectivity index is 5.50. The van der Waals surface area contributed by atoms with Gasteiger partial charge in [0.2, 0.25) is 0 Å². The molecule has 0 unspecified atom stereocenters. The molecule has 0 aliphatic rings. The van der Waals surface area contributed by atoms with Crippen LogP contribution >= 0.6 is 15.7 Å². The van der Waals surface area contributed by atoms with E-state index in [4.69, 9.17) is 0 Å². The molecular weight excluding hydrogens is 342 g/mol. The number of rotatable bonds is 6. The second-order valence-corrected chi connectivity index (χ2v) is 37.7. The van der Waals surface area contributed by atoms with E-state index in [1.165, 1.54) is 0 Å². The maximum atomic E-state index is 2.59. The van der Waals surface area contributed by atoms with Gasteiger partial charge in [-0.2, -0.15) is 0 Å². The van der Waals surface area contributed by atoms with E-state index in [0.717, 1.165) is 9.81 Å². The summed E-state index contributed by atoms with van der Waals surface area (Å²) in [5, 5.41) is 0. The van der Waals surface area contributed by atoms with Crippen LogP contribution in [0.5, 0.6) is 0 Å². The maximum Gasteiger partial charge on any atom is 0.0540 e. The average molecular weight is 381 g/mol. The van der Waals surface area contributed by atoms with Crippen molar-refractivity contribution in [2.45, 2.75) is 88.4 Å². The first-order valence-corrected chi connectivity index (χ1v) is 24.8. The molecule has 0 saturated carbocycles. The highest BCUT2D eigenvalue weighted by Gasteiger charge is 2.39. The van der Waals surface area contributed by atoms with E-state index in [2.05, 4.69) is 78.6 Å². The topological polar surface area (TPSA) is 0 Å². The molecule has 120 valence electrons. The quantitative estimate of drug-likeness (QED) is 0.342. The Labute approximate surface area is 136 Å². The van der Waals surface area contributed by atoms with Gasteiger partial charge < -0.3 is 0 Å². The molecule has 0 amide bonds. The first-order valence-electron chi connectivity index (χ1n) is 7.87. The van der Waals surface area contributed by atoms with E-state index in [9.17, 15) is 0 Å². The predicted octanol–water partition coefficient (Wildman–Crippen LogP) is 7.04. The summed E-state index contributed by atoms with van der Waals surface area (Å²) >= 11 is 0. The van der Waals surface area contributed by atoms with E-state index >= 15 is 0 Å². The summed E-state index contributed by atoms with van der Waals surface area (Å²) in [6, 6.07) is 0. The molecule has 0 aliphatic carbocycles. The number of hydrogen-bond donors (Lipinski definition) is 0. The molecule has 0 rings (SSSR count). The fraction of sp³-hybridized carbons (Fsp3) is 1.00. The summed E-state index contributed by atoms with van der Waals surface area (Å²) in [6.45, 7) is 31.1. The van der Waals surface area contributed by atoms with E-state index in [1.807, 2.05) is 0 Å². The molecule has 0 heterocycles. The van der Waals surface area contributed by atoms with Gasteiger partial charge in [0, 0.05) is 0 Å². The summed E-state index contributed by atoms with van der Waals surface area (Å²) in [6.07, 6.45) is 0. The molecule has 0 aromatic carbocycles. The molecule has 0 spiro atoms. The minimum absolute atomic E-state index is 1.03. The van der Waals surface area contributed by atoms with E-state index in [1.54, 1.807) is 15.7 Å². The van der Waals surface area contributed by atoms with Crippen molar-refractivity contribution in [3.05, 3.63) is 0 Å². The van der Waals surface area contributed by atoms with Gasteiger partial charge in [-0.15, -0.1) is 0 Å². The molecule has 0 aromatic heterocycles. The van der Waals surface area contributed by atoms with Gasteiger partial charge in [0.05, 0.1) is 32.3 Å². The normalized spacial score (nSPS) is 15.7. The van der Waals surface area contributed by atoms with Crippen molar-refractivity contribution in [1.29, 1.82) is 0 Å². The predicted molar refractivity (Wildman–Crippen MR) is 115 cm³/mol. The van der Waals surface area contributed by atoms with Crippen LogP contribution in [0.2, 0.25) is 78.6 Å². The van der Waals surface area contributed by atoms with Crippen LogP contribution in [0.15, 0.2) is 0 Å². The molecule has 0 N–H and O–H groups in total. The van der Waals surface area contributed by atoms with Gasteiger partial charge in [-0.3, -0.25) is 0 Å². The van der Waals surface area contributed by atoms with Gasteiger partial charge in [0.1, 0.15) is 0 Å². The lowest BCUT2D eigenvalue weighted by atomic mass is 11.7. The first-order chi connectivity index (χ1) is 8.47. The standard InChI is InChI=1S/C14H38P2Si4/c1-17(2,3)13(18(4,5)6)15-16-14(19(7,8)9)20(10,11)12/h13-14H,1-12H3. The third-order valence-electron chi connectivity index (χ3n) is 3.58. The average Bonchev–Trinajstić information content (AvgIpc) is 2.02. The molecule has 0 atom stereocenters. The largest absolute Gasteiger partial charge is 0.0792 e. The molecule has 0 radical (unpaired) electrons. The fourth-order valence-corrected chi connectivity index (χ4v) is 45.7. The molecule has 0 nitrogen and oxygen atoms in total. The highest BCUT2D eigenvalue weighted by Crippen LogP contribution is 2.42. The zero-order valence-corrected chi connectivity index (χ0v) is 21.8. The minimum atomic E-state index is -1.03. The molecule has 0 aromatic rings. The van der Waals surface area contributed by atoms with Crippen LogP contribution < -0.4 is 0 Å². The Hall–Kier alpha value is 1.47. The summed E-state index contributed by atoms with van der Waals surface area (Å²) in [7, 11) is -0.554. The molecule has 0 bridgehead atoms. The molecule has 0 aliphatic heterocycles. The van der Waals surface area contributed by atoms with Crippen LogP contribution in [-0.4, -0.2) is 42.1 Å². The first kappa shape index (κ1) is 21.5. The van der Waals surface area contributed by atoms with Gasteiger partial charge >= 0.3 is 0 Å². The van der Waals surface area contributed by atoms with E-state index in [0.29, 0.717) is 0 Å². The highest BCUT2D eigenvalue weighted by molar-refractivity contribution is 7.89. The van der Waals surface area contributed by atoms with Crippen molar-refractivity contribution in [3.8, 4) is 0 Å². The Morgan fingerprint density at radius 3 is 0.650 bits per heavy atom. The third-order valence-corrected chi connectivity index (χ3v) is 36.4. The monoisotopic (exact) mass is 380 g/mol. The van der Waals surface area contributed by atoms with Crippen LogP contribution in [-0.2, 0) is 0 Å². The van der Waals surface area contributed by atoms with Crippen molar-refractivity contribution >= 4 is 48.0 Å². The van der Waals surface area contributed by atoms with Crippen LogP contribution in [0.25, 0.3) is 0 Å². The Kier molecular flexibility index (Phi) is 7.43. The third kappa shape index (κ3) is 7.15. The van der Waals surface area contributed by atoms with Crippen LogP contribution in [0.3, 0.4) is 0 Å². The maximum absolute atomic E-state index is 2.59. The van der Waals surface area contributed by atoms with Crippen LogP contribution in [0.4, 0.5) is 0 Å². The van der Waals surface area contributed by atoms with Gasteiger partial charge in [-0.05, 0) is 9.81 Å². The smallest absolute Gasteiger partial charge is 0.0540 e. The molecule has 20 heavy (non-hydrogen) atoms. The second-order valence-electron chi connectivity index (χ2n) is 10.5. The zero-order valence-electron chi connectivity index (χ0n) is 16.0. The van der Waals surface area contributed by atoms with Crippen molar-refractivity contribution in [2.75, 3.05) is 0 Å².